The molecule has 0 amide bonds. The highest BCUT2D eigenvalue weighted by atomic mass is 32.1. The number of thiophene rings is 1. The zero-order chi connectivity index (χ0) is 13.8. The maximum Gasteiger partial charge on any atom is 0.0299 e. The fraction of sp³-hybridized carbons (Fsp3) is 0.750. The van der Waals surface area contributed by atoms with Crippen molar-refractivity contribution >= 4 is 11.3 Å². The molecule has 3 heteroatoms. The molecule has 1 saturated carbocycles. The summed E-state index contributed by atoms with van der Waals surface area (Å²) in [6.45, 7) is 10.1. The molecule has 19 heavy (non-hydrogen) atoms. The molecule has 1 atom stereocenters. The second kappa shape index (κ2) is 6.87. The lowest BCUT2D eigenvalue weighted by molar-refractivity contribution is 0.226. The zero-order valence-electron chi connectivity index (χ0n) is 12.8. The summed E-state index contributed by atoms with van der Waals surface area (Å²) in [7, 11) is 2.27. The predicted octanol–water partition coefficient (Wildman–Crippen LogP) is 3.79. The lowest BCUT2D eigenvalue weighted by Crippen LogP contribution is -2.30. The third-order valence-electron chi connectivity index (χ3n) is 4.22. The fourth-order valence-corrected chi connectivity index (χ4v) is 3.59. The van der Waals surface area contributed by atoms with Gasteiger partial charge in [-0.2, -0.15) is 0 Å². The largest absolute Gasteiger partial charge is 0.312 e. The van der Waals surface area contributed by atoms with E-state index in [-0.39, 0.29) is 0 Å². The van der Waals surface area contributed by atoms with Gasteiger partial charge in [0.25, 0.3) is 0 Å². The van der Waals surface area contributed by atoms with Crippen molar-refractivity contribution in [3.05, 3.63) is 21.4 Å². The Bertz CT molecular complexity index is 395. The Morgan fingerprint density at radius 1 is 1.47 bits per heavy atom. The molecule has 0 aliphatic heterocycles. The van der Waals surface area contributed by atoms with Gasteiger partial charge >= 0.3 is 0 Å². The Labute approximate surface area is 122 Å². The topological polar surface area (TPSA) is 15.3 Å². The van der Waals surface area contributed by atoms with Crippen LogP contribution < -0.4 is 5.32 Å². The zero-order valence-corrected chi connectivity index (χ0v) is 13.6. The molecule has 0 spiro atoms. The number of hydrogen-bond acceptors (Lipinski definition) is 3. The van der Waals surface area contributed by atoms with Crippen molar-refractivity contribution in [2.75, 3.05) is 13.6 Å². The number of nitrogens with one attached hydrogen (secondary N) is 1. The summed E-state index contributed by atoms with van der Waals surface area (Å²) in [5.41, 5.74) is 1.52. The van der Waals surface area contributed by atoms with Crippen molar-refractivity contribution in [3.8, 4) is 0 Å². The van der Waals surface area contributed by atoms with Crippen LogP contribution in [-0.2, 0) is 13.1 Å². The SMILES string of the molecule is CCCNCc1cc(CN(C)C(C)C2CC2)c(C)s1. The van der Waals surface area contributed by atoms with Crippen LogP contribution in [0.4, 0.5) is 0 Å². The van der Waals surface area contributed by atoms with E-state index in [9.17, 15) is 0 Å². The Hall–Kier alpha value is -0.380. The van der Waals surface area contributed by atoms with E-state index in [2.05, 4.69) is 44.1 Å². The Morgan fingerprint density at radius 3 is 2.84 bits per heavy atom. The third kappa shape index (κ3) is 4.30. The van der Waals surface area contributed by atoms with Gasteiger partial charge in [0, 0.05) is 28.9 Å². The Kier molecular flexibility index (Phi) is 5.43. The van der Waals surface area contributed by atoms with Crippen molar-refractivity contribution in [3.63, 3.8) is 0 Å². The highest BCUT2D eigenvalue weighted by Crippen LogP contribution is 2.35. The molecule has 1 aliphatic carbocycles. The first kappa shape index (κ1) is 15.0. The van der Waals surface area contributed by atoms with Crippen molar-refractivity contribution in [1.82, 2.24) is 10.2 Å². The first-order valence-corrected chi connectivity index (χ1v) is 8.42. The minimum atomic E-state index is 0.737. The number of hydrogen-bond donors (Lipinski definition) is 1. The van der Waals surface area contributed by atoms with Crippen LogP contribution in [0.3, 0.4) is 0 Å². The molecule has 0 bridgehead atoms. The maximum atomic E-state index is 3.49. The molecule has 2 nitrogen and oxygen atoms in total. The molecule has 1 aromatic rings. The number of rotatable bonds is 8. The maximum absolute atomic E-state index is 3.49. The first-order valence-electron chi connectivity index (χ1n) is 7.61. The van der Waals surface area contributed by atoms with Gasteiger partial charge in [0.2, 0.25) is 0 Å². The minimum absolute atomic E-state index is 0.737. The van der Waals surface area contributed by atoms with Gasteiger partial charge < -0.3 is 5.32 Å². The van der Waals surface area contributed by atoms with Gasteiger partial charge in [-0.25, -0.2) is 0 Å². The summed E-state index contributed by atoms with van der Waals surface area (Å²) in [4.78, 5) is 5.49. The fourth-order valence-electron chi connectivity index (χ4n) is 2.57. The molecule has 0 aromatic carbocycles. The van der Waals surface area contributed by atoms with E-state index in [1.54, 1.807) is 0 Å². The normalized spacial score (nSPS) is 17.1. The van der Waals surface area contributed by atoms with Crippen LogP contribution >= 0.6 is 11.3 Å². The third-order valence-corrected chi connectivity index (χ3v) is 5.31. The van der Waals surface area contributed by atoms with Gasteiger partial charge in [0.05, 0.1) is 0 Å². The molecule has 0 radical (unpaired) electrons. The number of nitrogens with zero attached hydrogens (tertiary/aromatic N) is 1. The summed E-state index contributed by atoms with van der Waals surface area (Å²) >= 11 is 1.95. The highest BCUT2D eigenvalue weighted by Gasteiger charge is 2.30. The Morgan fingerprint density at radius 2 is 2.21 bits per heavy atom. The second-order valence-electron chi connectivity index (χ2n) is 5.96. The van der Waals surface area contributed by atoms with Gasteiger partial charge in [-0.05, 0) is 64.3 Å². The molecule has 1 unspecified atom stereocenters. The van der Waals surface area contributed by atoms with Crippen LogP contribution in [0.2, 0.25) is 0 Å². The van der Waals surface area contributed by atoms with E-state index < -0.39 is 0 Å². The molecular formula is C16H28N2S. The van der Waals surface area contributed by atoms with Crippen LogP contribution in [0.15, 0.2) is 6.07 Å². The monoisotopic (exact) mass is 280 g/mol. The summed E-state index contributed by atoms with van der Waals surface area (Å²) in [6, 6.07) is 3.14. The molecule has 1 N–H and O–H groups in total. The van der Waals surface area contributed by atoms with Crippen molar-refractivity contribution in [1.29, 1.82) is 0 Å². The van der Waals surface area contributed by atoms with E-state index in [0.717, 1.165) is 31.6 Å². The predicted molar refractivity (Wildman–Crippen MR) is 84.7 cm³/mol. The van der Waals surface area contributed by atoms with E-state index in [1.165, 1.54) is 34.6 Å². The molecule has 1 fully saturated rings. The lowest BCUT2D eigenvalue weighted by Gasteiger charge is -2.24. The summed E-state index contributed by atoms with van der Waals surface area (Å²) < 4.78 is 0. The summed E-state index contributed by atoms with van der Waals surface area (Å²) in [6.07, 6.45) is 4.07. The van der Waals surface area contributed by atoms with Gasteiger partial charge in [0.1, 0.15) is 0 Å². The van der Waals surface area contributed by atoms with Crippen LogP contribution in [0.25, 0.3) is 0 Å². The van der Waals surface area contributed by atoms with Crippen molar-refractivity contribution in [2.45, 2.75) is 59.2 Å². The van der Waals surface area contributed by atoms with E-state index in [4.69, 9.17) is 0 Å². The van der Waals surface area contributed by atoms with Gasteiger partial charge in [0.15, 0.2) is 0 Å². The van der Waals surface area contributed by atoms with Crippen LogP contribution in [0.5, 0.6) is 0 Å². The second-order valence-corrected chi connectivity index (χ2v) is 7.30. The van der Waals surface area contributed by atoms with Gasteiger partial charge in [-0.3, -0.25) is 4.90 Å². The van der Waals surface area contributed by atoms with E-state index in [0.29, 0.717) is 0 Å². The number of aryl methyl sites for hydroxylation is 1. The smallest absolute Gasteiger partial charge is 0.0299 e. The van der Waals surface area contributed by atoms with E-state index in [1.807, 2.05) is 11.3 Å². The van der Waals surface area contributed by atoms with Gasteiger partial charge in [-0.1, -0.05) is 6.92 Å². The molecule has 2 rings (SSSR count). The molecular weight excluding hydrogens is 252 g/mol. The van der Waals surface area contributed by atoms with Crippen LogP contribution in [0.1, 0.15) is 48.4 Å². The quantitative estimate of drug-likeness (QED) is 0.729. The molecule has 108 valence electrons. The first-order chi connectivity index (χ1) is 9.11. The lowest BCUT2D eigenvalue weighted by atomic mass is 10.1. The van der Waals surface area contributed by atoms with Crippen molar-refractivity contribution < 1.29 is 0 Å². The molecule has 0 saturated heterocycles. The van der Waals surface area contributed by atoms with Crippen molar-refractivity contribution in [2.24, 2.45) is 5.92 Å². The molecule has 1 aliphatic rings. The Balaban J connectivity index is 1.88. The average molecular weight is 280 g/mol. The van der Waals surface area contributed by atoms with Gasteiger partial charge in [-0.15, -0.1) is 11.3 Å². The average Bonchev–Trinajstić information content (AvgIpc) is 3.16. The summed E-state index contributed by atoms with van der Waals surface area (Å²) in [5, 5.41) is 3.49. The highest BCUT2D eigenvalue weighted by molar-refractivity contribution is 7.12. The van der Waals surface area contributed by atoms with Crippen LogP contribution in [0, 0.1) is 12.8 Å². The van der Waals surface area contributed by atoms with E-state index >= 15 is 0 Å². The van der Waals surface area contributed by atoms with Crippen LogP contribution in [-0.4, -0.2) is 24.5 Å². The summed E-state index contributed by atoms with van der Waals surface area (Å²) in [5.74, 6) is 0.953. The molecule has 1 heterocycles. The minimum Gasteiger partial charge on any atom is -0.312 e. The standard InChI is InChI=1S/C16H28N2S/c1-5-8-17-10-16-9-15(13(3)19-16)11-18(4)12(2)14-6-7-14/h9,12,14,17H,5-8,10-11H2,1-4H3. The molecule has 1 aromatic heterocycles.